The number of rotatable bonds is 3. The van der Waals surface area contributed by atoms with E-state index in [0.717, 1.165) is 9.79 Å². The van der Waals surface area contributed by atoms with Gasteiger partial charge in [0, 0.05) is 21.4 Å². The highest BCUT2D eigenvalue weighted by Gasteiger charge is 2.10. The number of nitrogens with zero attached hydrogens (tertiary/aromatic N) is 2. The molecular formula is C14H10N2O2S. The van der Waals surface area contributed by atoms with Crippen LogP contribution in [0.4, 0.5) is 5.69 Å². The molecule has 0 heterocycles. The van der Waals surface area contributed by atoms with E-state index in [-0.39, 0.29) is 10.6 Å². The molecule has 0 atom stereocenters. The van der Waals surface area contributed by atoms with Crippen LogP contribution in [-0.4, -0.2) is 4.92 Å². The summed E-state index contributed by atoms with van der Waals surface area (Å²) in [5, 5.41) is 19.6. The van der Waals surface area contributed by atoms with E-state index in [2.05, 4.69) is 6.07 Å². The van der Waals surface area contributed by atoms with Crippen molar-refractivity contribution in [3.8, 4) is 6.07 Å². The SMILES string of the molecule is Cc1cc(Sc2cccc(C#N)c2)ccc1[N+](=O)[O-]. The van der Waals surface area contributed by atoms with Crippen LogP contribution in [0.15, 0.2) is 52.3 Å². The zero-order chi connectivity index (χ0) is 13.8. The Kier molecular flexibility index (Phi) is 3.83. The number of hydrogen-bond donors (Lipinski definition) is 0. The molecule has 4 nitrogen and oxygen atoms in total. The minimum Gasteiger partial charge on any atom is -0.258 e. The van der Waals surface area contributed by atoms with Gasteiger partial charge >= 0.3 is 0 Å². The van der Waals surface area contributed by atoms with E-state index in [1.165, 1.54) is 17.8 Å². The fraction of sp³-hybridized carbons (Fsp3) is 0.0714. The van der Waals surface area contributed by atoms with Crippen LogP contribution in [0.1, 0.15) is 11.1 Å². The lowest BCUT2D eigenvalue weighted by Gasteiger charge is -2.03. The fourth-order valence-electron chi connectivity index (χ4n) is 1.66. The second kappa shape index (κ2) is 5.55. The van der Waals surface area contributed by atoms with Crippen LogP contribution in [-0.2, 0) is 0 Å². The lowest BCUT2D eigenvalue weighted by molar-refractivity contribution is -0.385. The molecule has 94 valence electrons. The van der Waals surface area contributed by atoms with Gasteiger partial charge in [0.25, 0.3) is 5.69 Å². The van der Waals surface area contributed by atoms with E-state index in [1.807, 2.05) is 12.1 Å². The van der Waals surface area contributed by atoms with Crippen LogP contribution < -0.4 is 0 Å². The largest absolute Gasteiger partial charge is 0.272 e. The highest BCUT2D eigenvalue weighted by Crippen LogP contribution is 2.31. The van der Waals surface area contributed by atoms with Crippen molar-refractivity contribution >= 4 is 17.4 Å². The fourth-order valence-corrected chi connectivity index (χ4v) is 2.64. The molecule has 0 bridgehead atoms. The Morgan fingerprint density at radius 2 is 1.95 bits per heavy atom. The van der Waals surface area contributed by atoms with Crippen LogP contribution in [0.2, 0.25) is 0 Å². The molecule has 2 rings (SSSR count). The van der Waals surface area contributed by atoms with E-state index in [4.69, 9.17) is 5.26 Å². The summed E-state index contributed by atoms with van der Waals surface area (Å²) in [6.45, 7) is 1.72. The maximum atomic E-state index is 10.7. The van der Waals surface area contributed by atoms with Crippen molar-refractivity contribution in [1.82, 2.24) is 0 Å². The highest BCUT2D eigenvalue weighted by atomic mass is 32.2. The first-order chi connectivity index (χ1) is 9.10. The van der Waals surface area contributed by atoms with Crippen LogP contribution in [0.3, 0.4) is 0 Å². The van der Waals surface area contributed by atoms with Gasteiger partial charge in [0.15, 0.2) is 0 Å². The van der Waals surface area contributed by atoms with Crippen LogP contribution in [0.5, 0.6) is 0 Å². The molecule has 2 aromatic carbocycles. The molecule has 0 radical (unpaired) electrons. The van der Waals surface area contributed by atoms with Gasteiger partial charge in [-0.3, -0.25) is 10.1 Å². The molecule has 0 saturated carbocycles. The van der Waals surface area contributed by atoms with E-state index >= 15 is 0 Å². The predicted molar refractivity (Wildman–Crippen MR) is 73.1 cm³/mol. The number of nitriles is 1. The van der Waals surface area contributed by atoms with Crippen molar-refractivity contribution in [1.29, 1.82) is 5.26 Å². The predicted octanol–water partition coefficient (Wildman–Crippen LogP) is 3.93. The highest BCUT2D eigenvalue weighted by molar-refractivity contribution is 7.99. The summed E-state index contributed by atoms with van der Waals surface area (Å²) in [5.74, 6) is 0. The Hall–Kier alpha value is -2.32. The Labute approximate surface area is 114 Å². The third-order valence-corrected chi connectivity index (χ3v) is 3.54. The first-order valence-electron chi connectivity index (χ1n) is 5.53. The number of aryl methyl sites for hydroxylation is 1. The average Bonchev–Trinajstić information content (AvgIpc) is 2.38. The molecule has 0 aliphatic heterocycles. The summed E-state index contributed by atoms with van der Waals surface area (Å²) in [7, 11) is 0. The third kappa shape index (κ3) is 3.12. The summed E-state index contributed by atoms with van der Waals surface area (Å²) in [6, 6.07) is 14.3. The second-order valence-corrected chi connectivity index (χ2v) is 5.09. The number of nitro groups is 1. The van der Waals surface area contributed by atoms with Gasteiger partial charge in [-0.2, -0.15) is 5.26 Å². The molecule has 0 aliphatic rings. The average molecular weight is 270 g/mol. The van der Waals surface area contributed by atoms with Gasteiger partial charge in [-0.25, -0.2) is 0 Å². The number of nitro benzene ring substituents is 1. The number of hydrogen-bond acceptors (Lipinski definition) is 4. The van der Waals surface area contributed by atoms with Gasteiger partial charge in [0.2, 0.25) is 0 Å². The normalized spacial score (nSPS) is 9.89. The van der Waals surface area contributed by atoms with Gasteiger partial charge in [-0.15, -0.1) is 0 Å². The zero-order valence-electron chi connectivity index (χ0n) is 10.2. The first-order valence-corrected chi connectivity index (χ1v) is 6.35. The molecule has 5 heteroatoms. The summed E-state index contributed by atoms with van der Waals surface area (Å²) < 4.78 is 0. The topological polar surface area (TPSA) is 66.9 Å². The summed E-state index contributed by atoms with van der Waals surface area (Å²) >= 11 is 1.48. The van der Waals surface area contributed by atoms with Gasteiger partial charge in [0.05, 0.1) is 16.6 Å². The molecule has 0 saturated heterocycles. The van der Waals surface area contributed by atoms with Gasteiger partial charge < -0.3 is 0 Å². The molecule has 0 unspecified atom stereocenters. The molecular weight excluding hydrogens is 260 g/mol. The maximum absolute atomic E-state index is 10.7. The maximum Gasteiger partial charge on any atom is 0.272 e. The van der Waals surface area contributed by atoms with Gasteiger partial charge in [-0.05, 0) is 37.3 Å². The molecule has 0 aliphatic carbocycles. The first kappa shape index (κ1) is 13.1. The minimum absolute atomic E-state index is 0.120. The molecule has 0 amide bonds. The Morgan fingerprint density at radius 1 is 1.21 bits per heavy atom. The third-order valence-electron chi connectivity index (χ3n) is 2.56. The summed E-state index contributed by atoms with van der Waals surface area (Å²) in [4.78, 5) is 12.2. The Balaban J connectivity index is 2.26. The van der Waals surface area contributed by atoms with Crippen molar-refractivity contribution < 1.29 is 4.92 Å². The van der Waals surface area contributed by atoms with Crippen molar-refractivity contribution in [2.45, 2.75) is 16.7 Å². The van der Waals surface area contributed by atoms with Crippen LogP contribution in [0.25, 0.3) is 0 Å². The quantitative estimate of drug-likeness (QED) is 0.626. The van der Waals surface area contributed by atoms with Crippen LogP contribution >= 0.6 is 11.8 Å². The van der Waals surface area contributed by atoms with Crippen molar-refractivity contribution in [2.24, 2.45) is 0 Å². The van der Waals surface area contributed by atoms with Gasteiger partial charge in [-0.1, -0.05) is 17.8 Å². The van der Waals surface area contributed by atoms with Crippen molar-refractivity contribution in [2.75, 3.05) is 0 Å². The number of benzene rings is 2. The Morgan fingerprint density at radius 3 is 2.58 bits per heavy atom. The Bertz CT molecular complexity index is 677. The smallest absolute Gasteiger partial charge is 0.258 e. The summed E-state index contributed by atoms with van der Waals surface area (Å²) in [5.41, 5.74) is 1.35. The molecule has 0 fully saturated rings. The second-order valence-electron chi connectivity index (χ2n) is 3.95. The lowest BCUT2D eigenvalue weighted by atomic mass is 10.2. The van der Waals surface area contributed by atoms with E-state index in [0.29, 0.717) is 11.1 Å². The van der Waals surface area contributed by atoms with E-state index in [1.54, 1.807) is 31.2 Å². The van der Waals surface area contributed by atoms with Crippen LogP contribution in [0, 0.1) is 28.4 Å². The molecule has 0 N–H and O–H groups in total. The minimum atomic E-state index is -0.389. The summed E-state index contributed by atoms with van der Waals surface area (Å²) in [6.07, 6.45) is 0. The molecule has 19 heavy (non-hydrogen) atoms. The molecule has 0 aromatic heterocycles. The van der Waals surface area contributed by atoms with Gasteiger partial charge in [0.1, 0.15) is 0 Å². The van der Waals surface area contributed by atoms with Crippen molar-refractivity contribution in [3.05, 3.63) is 63.7 Å². The monoisotopic (exact) mass is 270 g/mol. The molecule has 0 spiro atoms. The van der Waals surface area contributed by atoms with E-state index in [9.17, 15) is 10.1 Å². The van der Waals surface area contributed by atoms with Crippen molar-refractivity contribution in [3.63, 3.8) is 0 Å². The lowest BCUT2D eigenvalue weighted by Crippen LogP contribution is -1.91. The molecule has 2 aromatic rings. The standard InChI is InChI=1S/C14H10N2O2S/c1-10-7-13(5-6-14(10)16(17)18)19-12-4-2-3-11(8-12)9-15/h2-8H,1H3. The van der Waals surface area contributed by atoms with E-state index < -0.39 is 0 Å². The zero-order valence-corrected chi connectivity index (χ0v) is 11.0.